The Morgan fingerprint density at radius 1 is 1.41 bits per heavy atom. The molecule has 0 aliphatic heterocycles. The molecule has 0 fully saturated rings. The number of hydrogen-bond donors (Lipinski definition) is 0. The van der Waals surface area contributed by atoms with Crippen molar-refractivity contribution in [3.63, 3.8) is 0 Å². The molecule has 1 heterocycles. The molecule has 0 spiro atoms. The quantitative estimate of drug-likeness (QED) is 0.855. The molecule has 6 heteroatoms. The van der Waals surface area contributed by atoms with Crippen LogP contribution in [0.4, 0.5) is 4.39 Å². The van der Waals surface area contributed by atoms with Gasteiger partial charge in [-0.2, -0.15) is 0 Å². The minimum atomic E-state index is -0.456. The zero-order chi connectivity index (χ0) is 12.4. The van der Waals surface area contributed by atoms with Crippen LogP contribution in [0.15, 0.2) is 39.9 Å². The number of hydrogen-bond acceptors (Lipinski definition) is 3. The van der Waals surface area contributed by atoms with Gasteiger partial charge in [-0.05, 0) is 12.1 Å². The summed E-state index contributed by atoms with van der Waals surface area (Å²) in [5.41, 5.74) is -0.382. The van der Waals surface area contributed by atoms with Crippen LogP contribution in [0, 0.1) is 5.82 Å². The zero-order valence-electron chi connectivity index (χ0n) is 8.85. The van der Waals surface area contributed by atoms with Crippen molar-refractivity contribution in [1.29, 1.82) is 0 Å². The fourth-order valence-electron chi connectivity index (χ4n) is 1.24. The fraction of sp³-hybridized carbons (Fsp3) is 0.0909. The first kappa shape index (κ1) is 11.8. The Kier molecular flexibility index (Phi) is 3.23. The van der Waals surface area contributed by atoms with E-state index in [0.717, 1.165) is 0 Å². The molecule has 1 aromatic carbocycles. The van der Waals surface area contributed by atoms with Gasteiger partial charge in [-0.3, -0.25) is 4.79 Å². The SMILES string of the molecule is Cn1ccnc(Oc2cc(F)cc(Br)c2)c1=O. The second kappa shape index (κ2) is 4.67. The van der Waals surface area contributed by atoms with Gasteiger partial charge in [0.1, 0.15) is 11.6 Å². The summed E-state index contributed by atoms with van der Waals surface area (Å²) in [5.74, 6) is -0.331. The molecule has 4 nitrogen and oxygen atoms in total. The highest BCUT2D eigenvalue weighted by molar-refractivity contribution is 9.10. The van der Waals surface area contributed by atoms with Crippen molar-refractivity contribution in [1.82, 2.24) is 9.55 Å². The summed E-state index contributed by atoms with van der Waals surface area (Å²) in [6.07, 6.45) is 2.95. The first-order valence-corrected chi connectivity index (χ1v) is 5.51. The maximum absolute atomic E-state index is 13.1. The molecule has 0 atom stereocenters. The molecule has 0 bridgehead atoms. The second-order valence-electron chi connectivity index (χ2n) is 3.36. The lowest BCUT2D eigenvalue weighted by atomic mass is 10.3. The summed E-state index contributed by atoms with van der Waals surface area (Å²) in [6, 6.07) is 4.03. The third-order valence-corrected chi connectivity index (χ3v) is 2.49. The van der Waals surface area contributed by atoms with Crippen LogP contribution in [-0.4, -0.2) is 9.55 Å². The van der Waals surface area contributed by atoms with E-state index >= 15 is 0 Å². The minimum Gasteiger partial charge on any atom is -0.434 e. The van der Waals surface area contributed by atoms with Crippen LogP contribution in [0.5, 0.6) is 11.6 Å². The summed E-state index contributed by atoms with van der Waals surface area (Å²) < 4.78 is 20.2. The largest absolute Gasteiger partial charge is 0.434 e. The molecule has 0 radical (unpaired) electrons. The normalized spacial score (nSPS) is 10.3. The van der Waals surface area contributed by atoms with Crippen molar-refractivity contribution in [2.45, 2.75) is 0 Å². The first-order chi connectivity index (χ1) is 8.06. The third kappa shape index (κ3) is 2.71. The van der Waals surface area contributed by atoms with Gasteiger partial charge in [-0.25, -0.2) is 9.37 Å². The van der Waals surface area contributed by atoms with Gasteiger partial charge >= 0.3 is 5.56 Å². The van der Waals surface area contributed by atoms with E-state index in [4.69, 9.17) is 4.74 Å². The molecule has 0 amide bonds. The number of aromatic nitrogens is 2. The van der Waals surface area contributed by atoms with Gasteiger partial charge in [-0.15, -0.1) is 0 Å². The predicted molar refractivity (Wildman–Crippen MR) is 63.7 cm³/mol. The molecule has 2 aromatic rings. The monoisotopic (exact) mass is 298 g/mol. The molecule has 0 aliphatic carbocycles. The summed E-state index contributed by atoms with van der Waals surface area (Å²) in [4.78, 5) is 15.4. The van der Waals surface area contributed by atoms with Crippen molar-refractivity contribution < 1.29 is 9.13 Å². The number of ether oxygens (including phenoxy) is 1. The third-order valence-electron chi connectivity index (χ3n) is 2.04. The summed E-state index contributed by atoms with van der Waals surface area (Å²) in [6.45, 7) is 0. The molecule has 17 heavy (non-hydrogen) atoms. The average Bonchev–Trinajstić information content (AvgIpc) is 2.23. The maximum Gasteiger partial charge on any atom is 0.313 e. The molecule has 0 saturated carbocycles. The number of nitrogens with zero attached hydrogens (tertiary/aromatic N) is 2. The van der Waals surface area contributed by atoms with Crippen molar-refractivity contribution in [2.75, 3.05) is 0 Å². The average molecular weight is 299 g/mol. The van der Waals surface area contributed by atoms with Gasteiger partial charge in [-0.1, -0.05) is 15.9 Å². The summed E-state index contributed by atoms with van der Waals surface area (Å²) >= 11 is 3.14. The van der Waals surface area contributed by atoms with Crippen molar-refractivity contribution >= 4 is 15.9 Å². The van der Waals surface area contributed by atoms with Crippen LogP contribution in [0.1, 0.15) is 0 Å². The van der Waals surface area contributed by atoms with E-state index in [1.165, 1.54) is 29.1 Å². The predicted octanol–water partition coefficient (Wildman–Crippen LogP) is 2.47. The fourth-order valence-corrected chi connectivity index (χ4v) is 1.69. The van der Waals surface area contributed by atoms with E-state index in [2.05, 4.69) is 20.9 Å². The molecule has 0 saturated heterocycles. The highest BCUT2D eigenvalue weighted by Crippen LogP contribution is 2.23. The van der Waals surface area contributed by atoms with E-state index in [1.807, 2.05) is 0 Å². The van der Waals surface area contributed by atoms with E-state index in [0.29, 0.717) is 4.47 Å². The number of benzene rings is 1. The molecular formula is C11H8BrFN2O2. The van der Waals surface area contributed by atoms with E-state index in [-0.39, 0.29) is 17.2 Å². The lowest BCUT2D eigenvalue weighted by Crippen LogP contribution is -2.18. The van der Waals surface area contributed by atoms with Gasteiger partial charge in [0.15, 0.2) is 0 Å². The standard InChI is InChI=1S/C11H8BrFN2O2/c1-15-3-2-14-10(11(15)16)17-9-5-7(12)4-8(13)6-9/h2-6H,1H3. The minimum absolute atomic E-state index is 0.0903. The van der Waals surface area contributed by atoms with Gasteiger partial charge in [0.25, 0.3) is 5.88 Å². The molecule has 88 valence electrons. The van der Waals surface area contributed by atoms with Gasteiger partial charge in [0.05, 0.1) is 0 Å². The number of rotatable bonds is 2. The van der Waals surface area contributed by atoms with Crippen molar-refractivity contribution in [2.24, 2.45) is 7.05 Å². The zero-order valence-corrected chi connectivity index (χ0v) is 10.4. The maximum atomic E-state index is 13.1. The Morgan fingerprint density at radius 2 is 2.18 bits per heavy atom. The Bertz CT molecular complexity index is 592. The second-order valence-corrected chi connectivity index (χ2v) is 4.27. The Hall–Kier alpha value is -1.69. The van der Waals surface area contributed by atoms with E-state index in [1.54, 1.807) is 13.1 Å². The Labute approximate surface area is 105 Å². The van der Waals surface area contributed by atoms with Gasteiger partial charge in [0, 0.05) is 30.0 Å². The molecule has 1 aromatic heterocycles. The Morgan fingerprint density at radius 3 is 2.88 bits per heavy atom. The highest BCUT2D eigenvalue weighted by Gasteiger charge is 2.07. The van der Waals surface area contributed by atoms with E-state index < -0.39 is 5.82 Å². The molecule has 2 rings (SSSR count). The number of aryl methyl sites for hydroxylation is 1. The Balaban J connectivity index is 2.38. The van der Waals surface area contributed by atoms with Crippen LogP contribution in [0.25, 0.3) is 0 Å². The molecule has 0 unspecified atom stereocenters. The van der Waals surface area contributed by atoms with Gasteiger partial charge in [0.2, 0.25) is 0 Å². The number of halogens is 2. The van der Waals surface area contributed by atoms with Crippen LogP contribution < -0.4 is 10.3 Å². The van der Waals surface area contributed by atoms with Crippen molar-refractivity contribution in [3.05, 3.63) is 51.2 Å². The van der Waals surface area contributed by atoms with Crippen LogP contribution in [0.2, 0.25) is 0 Å². The van der Waals surface area contributed by atoms with Crippen LogP contribution in [-0.2, 0) is 7.05 Å². The molecular weight excluding hydrogens is 291 g/mol. The molecule has 0 aliphatic rings. The smallest absolute Gasteiger partial charge is 0.313 e. The van der Waals surface area contributed by atoms with Gasteiger partial charge < -0.3 is 9.30 Å². The lowest BCUT2D eigenvalue weighted by Gasteiger charge is -2.05. The van der Waals surface area contributed by atoms with Crippen LogP contribution >= 0.6 is 15.9 Å². The summed E-state index contributed by atoms with van der Waals surface area (Å²) in [7, 11) is 1.58. The van der Waals surface area contributed by atoms with Crippen LogP contribution in [0.3, 0.4) is 0 Å². The van der Waals surface area contributed by atoms with E-state index in [9.17, 15) is 9.18 Å². The molecule has 0 N–H and O–H groups in total. The lowest BCUT2D eigenvalue weighted by molar-refractivity contribution is 0.444. The van der Waals surface area contributed by atoms with Crippen molar-refractivity contribution in [3.8, 4) is 11.6 Å². The summed E-state index contributed by atoms with van der Waals surface area (Å²) in [5, 5.41) is 0. The first-order valence-electron chi connectivity index (χ1n) is 4.72. The topological polar surface area (TPSA) is 44.1 Å². The highest BCUT2D eigenvalue weighted by atomic mass is 79.9.